The highest BCUT2D eigenvalue weighted by Gasteiger charge is 2.26. The van der Waals surface area contributed by atoms with Gasteiger partial charge in [0.15, 0.2) is 0 Å². The van der Waals surface area contributed by atoms with E-state index in [2.05, 4.69) is 58.7 Å². The van der Waals surface area contributed by atoms with Gasteiger partial charge in [0, 0.05) is 23.7 Å². The smallest absolute Gasteiger partial charge is 0.228 e. The molecule has 28 heavy (non-hydrogen) atoms. The zero-order chi connectivity index (χ0) is 19.3. The van der Waals surface area contributed by atoms with Crippen LogP contribution in [0, 0.1) is 5.92 Å². The molecule has 1 aliphatic rings. The molecule has 3 aromatic rings. The SMILES string of the molecule is CSc1cccc(NC(=O)C2CCCN(Cc3cccc4ccccc34)C2)c1. The second-order valence-corrected chi connectivity index (χ2v) is 8.31. The van der Waals surface area contributed by atoms with Crippen molar-refractivity contribution in [3.8, 4) is 0 Å². The Morgan fingerprint density at radius 1 is 1.11 bits per heavy atom. The molecular weight excluding hydrogens is 364 g/mol. The maximum Gasteiger partial charge on any atom is 0.228 e. The van der Waals surface area contributed by atoms with Crippen molar-refractivity contribution in [2.24, 2.45) is 5.92 Å². The Morgan fingerprint density at radius 2 is 1.93 bits per heavy atom. The van der Waals surface area contributed by atoms with Gasteiger partial charge in [-0.05, 0) is 60.2 Å². The van der Waals surface area contributed by atoms with Crippen molar-refractivity contribution in [3.63, 3.8) is 0 Å². The molecule has 0 spiro atoms. The summed E-state index contributed by atoms with van der Waals surface area (Å²) in [5.41, 5.74) is 2.23. The average molecular weight is 391 g/mol. The summed E-state index contributed by atoms with van der Waals surface area (Å²) in [4.78, 5) is 16.4. The lowest BCUT2D eigenvalue weighted by molar-refractivity contribution is -0.121. The summed E-state index contributed by atoms with van der Waals surface area (Å²) in [5, 5.41) is 5.71. The number of likely N-dealkylation sites (tertiary alicyclic amines) is 1. The topological polar surface area (TPSA) is 32.3 Å². The summed E-state index contributed by atoms with van der Waals surface area (Å²) in [7, 11) is 0. The van der Waals surface area contributed by atoms with Gasteiger partial charge in [0.05, 0.1) is 5.92 Å². The zero-order valence-corrected chi connectivity index (χ0v) is 17.0. The molecule has 0 aliphatic carbocycles. The second-order valence-electron chi connectivity index (χ2n) is 7.43. The van der Waals surface area contributed by atoms with Crippen LogP contribution in [0.4, 0.5) is 5.69 Å². The third-order valence-corrected chi connectivity index (χ3v) is 6.21. The van der Waals surface area contributed by atoms with Gasteiger partial charge in [-0.3, -0.25) is 9.69 Å². The van der Waals surface area contributed by atoms with E-state index in [-0.39, 0.29) is 11.8 Å². The Bertz CT molecular complexity index is 966. The van der Waals surface area contributed by atoms with E-state index in [1.165, 1.54) is 21.2 Å². The first-order valence-electron chi connectivity index (χ1n) is 9.87. The second kappa shape index (κ2) is 8.80. The number of anilines is 1. The van der Waals surface area contributed by atoms with Gasteiger partial charge in [-0.25, -0.2) is 0 Å². The number of carbonyl (C=O) groups excluding carboxylic acids is 1. The maximum atomic E-state index is 12.8. The third-order valence-electron chi connectivity index (χ3n) is 5.49. The van der Waals surface area contributed by atoms with Crippen LogP contribution in [0.25, 0.3) is 10.8 Å². The molecule has 1 atom stereocenters. The molecule has 1 heterocycles. The number of carbonyl (C=O) groups is 1. The summed E-state index contributed by atoms with van der Waals surface area (Å²) in [6.45, 7) is 2.76. The van der Waals surface area contributed by atoms with E-state index in [1.807, 2.05) is 24.5 Å². The minimum atomic E-state index is 0.0432. The van der Waals surface area contributed by atoms with Gasteiger partial charge in [0.1, 0.15) is 0 Å². The summed E-state index contributed by atoms with van der Waals surface area (Å²) in [6, 6.07) is 23.1. The van der Waals surface area contributed by atoms with Crippen molar-refractivity contribution >= 4 is 34.1 Å². The van der Waals surface area contributed by atoms with Gasteiger partial charge in [0.25, 0.3) is 0 Å². The minimum absolute atomic E-state index is 0.0432. The fraction of sp³-hybridized carbons (Fsp3) is 0.292. The van der Waals surface area contributed by atoms with Crippen LogP contribution in [0.2, 0.25) is 0 Å². The van der Waals surface area contributed by atoms with E-state index in [4.69, 9.17) is 0 Å². The number of rotatable bonds is 5. The van der Waals surface area contributed by atoms with E-state index in [1.54, 1.807) is 11.8 Å². The predicted octanol–water partition coefficient (Wildman–Crippen LogP) is 5.41. The number of piperidine rings is 1. The monoisotopic (exact) mass is 390 g/mol. The molecule has 1 N–H and O–H groups in total. The average Bonchev–Trinajstić information content (AvgIpc) is 2.74. The molecule has 144 valence electrons. The number of nitrogens with one attached hydrogen (secondary N) is 1. The number of amides is 1. The van der Waals surface area contributed by atoms with Gasteiger partial charge < -0.3 is 5.32 Å². The van der Waals surface area contributed by atoms with Crippen LogP contribution >= 0.6 is 11.8 Å². The first kappa shape index (κ1) is 19.0. The van der Waals surface area contributed by atoms with Crippen LogP contribution in [0.15, 0.2) is 71.6 Å². The van der Waals surface area contributed by atoms with Gasteiger partial charge in [-0.15, -0.1) is 11.8 Å². The molecule has 0 radical (unpaired) electrons. The fourth-order valence-corrected chi connectivity index (χ4v) is 4.49. The molecule has 0 bridgehead atoms. The summed E-state index contributed by atoms with van der Waals surface area (Å²) < 4.78 is 0. The summed E-state index contributed by atoms with van der Waals surface area (Å²) in [5.74, 6) is 0.183. The van der Waals surface area contributed by atoms with E-state index < -0.39 is 0 Å². The van der Waals surface area contributed by atoms with E-state index in [0.717, 1.165) is 38.2 Å². The zero-order valence-electron chi connectivity index (χ0n) is 16.2. The van der Waals surface area contributed by atoms with Gasteiger partial charge in [0.2, 0.25) is 5.91 Å². The van der Waals surface area contributed by atoms with Crippen molar-refractivity contribution in [3.05, 3.63) is 72.3 Å². The number of thioether (sulfide) groups is 1. The Kier molecular flexibility index (Phi) is 5.98. The van der Waals surface area contributed by atoms with Crippen LogP contribution in [0.5, 0.6) is 0 Å². The molecule has 3 nitrogen and oxygen atoms in total. The molecule has 1 amide bonds. The van der Waals surface area contributed by atoms with Crippen molar-refractivity contribution in [1.29, 1.82) is 0 Å². The van der Waals surface area contributed by atoms with E-state index in [9.17, 15) is 4.79 Å². The van der Waals surface area contributed by atoms with Gasteiger partial charge in [-0.1, -0.05) is 48.5 Å². The van der Waals surface area contributed by atoms with Crippen LogP contribution in [0.3, 0.4) is 0 Å². The van der Waals surface area contributed by atoms with Crippen LogP contribution in [0.1, 0.15) is 18.4 Å². The highest BCUT2D eigenvalue weighted by molar-refractivity contribution is 7.98. The molecule has 4 rings (SSSR count). The molecular formula is C24H26N2OS. The number of benzene rings is 3. The minimum Gasteiger partial charge on any atom is -0.326 e. The molecule has 0 saturated carbocycles. The largest absolute Gasteiger partial charge is 0.326 e. The molecule has 4 heteroatoms. The molecule has 1 saturated heterocycles. The number of hydrogen-bond acceptors (Lipinski definition) is 3. The van der Waals surface area contributed by atoms with E-state index >= 15 is 0 Å². The summed E-state index contributed by atoms with van der Waals surface area (Å²) >= 11 is 1.69. The van der Waals surface area contributed by atoms with Crippen molar-refractivity contribution in [2.75, 3.05) is 24.7 Å². The van der Waals surface area contributed by atoms with Crippen LogP contribution in [-0.2, 0) is 11.3 Å². The molecule has 0 aromatic heterocycles. The first-order valence-corrected chi connectivity index (χ1v) is 11.1. The number of nitrogens with zero attached hydrogens (tertiary/aromatic N) is 1. The molecule has 1 aliphatic heterocycles. The van der Waals surface area contributed by atoms with E-state index in [0.29, 0.717) is 0 Å². The van der Waals surface area contributed by atoms with Gasteiger partial charge >= 0.3 is 0 Å². The highest BCUT2D eigenvalue weighted by Crippen LogP contribution is 2.25. The number of fused-ring (bicyclic) bond motifs is 1. The first-order chi connectivity index (χ1) is 13.7. The standard InChI is InChI=1S/C24H26N2OS/c1-28-22-12-5-11-21(15-22)25-24(27)20-10-6-14-26(17-20)16-19-9-4-8-18-7-2-3-13-23(18)19/h2-5,7-9,11-13,15,20H,6,10,14,16-17H2,1H3,(H,25,27). The predicted molar refractivity (Wildman–Crippen MR) is 119 cm³/mol. The van der Waals surface area contributed by atoms with Crippen LogP contribution < -0.4 is 5.32 Å². The van der Waals surface area contributed by atoms with Crippen LogP contribution in [-0.4, -0.2) is 30.2 Å². The quantitative estimate of drug-likeness (QED) is 0.591. The molecule has 1 unspecified atom stereocenters. The number of hydrogen-bond donors (Lipinski definition) is 1. The van der Waals surface area contributed by atoms with Crippen molar-refractivity contribution < 1.29 is 4.79 Å². The maximum absolute atomic E-state index is 12.8. The Hall–Kier alpha value is -2.30. The Morgan fingerprint density at radius 3 is 2.82 bits per heavy atom. The van der Waals surface area contributed by atoms with Crippen molar-refractivity contribution in [1.82, 2.24) is 4.90 Å². The normalized spacial score (nSPS) is 17.5. The lowest BCUT2D eigenvalue weighted by atomic mass is 9.96. The summed E-state index contributed by atoms with van der Waals surface area (Å²) in [6.07, 6.45) is 4.07. The van der Waals surface area contributed by atoms with Gasteiger partial charge in [-0.2, -0.15) is 0 Å². The highest BCUT2D eigenvalue weighted by atomic mass is 32.2. The van der Waals surface area contributed by atoms with Crippen molar-refractivity contribution in [2.45, 2.75) is 24.3 Å². The Labute approximate surface area is 171 Å². The lowest BCUT2D eigenvalue weighted by Gasteiger charge is -2.32. The lowest BCUT2D eigenvalue weighted by Crippen LogP contribution is -2.40. The Balaban J connectivity index is 1.43. The fourth-order valence-electron chi connectivity index (χ4n) is 4.03. The molecule has 3 aromatic carbocycles. The third kappa shape index (κ3) is 4.40. The molecule has 1 fully saturated rings.